The van der Waals surface area contributed by atoms with Crippen LogP contribution in [0.3, 0.4) is 0 Å². The van der Waals surface area contributed by atoms with Gasteiger partial charge in [0.1, 0.15) is 11.7 Å². The molecule has 6 nitrogen and oxygen atoms in total. The van der Waals surface area contributed by atoms with E-state index in [9.17, 15) is 9.90 Å². The monoisotopic (exact) mass is 394 g/mol. The predicted molar refractivity (Wildman–Crippen MR) is 104 cm³/mol. The van der Waals surface area contributed by atoms with Crippen LogP contribution in [0.15, 0.2) is 24.8 Å². The molecule has 3 aliphatic rings. The number of hydrogen-bond acceptors (Lipinski definition) is 6. The maximum absolute atomic E-state index is 13.1. The van der Waals surface area contributed by atoms with Crippen LogP contribution in [0, 0.1) is 17.3 Å². The van der Waals surface area contributed by atoms with Gasteiger partial charge in [0.25, 0.3) is 0 Å². The molecule has 0 spiro atoms. The Morgan fingerprint density at radius 3 is 2.46 bits per heavy atom. The van der Waals surface area contributed by atoms with Gasteiger partial charge >= 0.3 is 5.97 Å². The second kappa shape index (κ2) is 6.66. The average Bonchev–Trinajstić information content (AvgIpc) is 3.01. The van der Waals surface area contributed by atoms with Gasteiger partial charge in [-0.1, -0.05) is 25.5 Å². The van der Waals surface area contributed by atoms with Crippen LogP contribution in [-0.4, -0.2) is 54.0 Å². The van der Waals surface area contributed by atoms with Crippen molar-refractivity contribution in [1.82, 2.24) is 0 Å². The van der Waals surface area contributed by atoms with Crippen molar-refractivity contribution < 1.29 is 28.8 Å². The van der Waals surface area contributed by atoms with Crippen LogP contribution in [0.5, 0.6) is 0 Å². The average molecular weight is 395 g/mol. The Morgan fingerprint density at radius 1 is 1.39 bits per heavy atom. The zero-order valence-electron chi connectivity index (χ0n) is 17.9. The molecule has 1 saturated carbocycles. The molecule has 0 aromatic rings. The Kier molecular flexibility index (Phi) is 5.11. The van der Waals surface area contributed by atoms with Gasteiger partial charge in [-0.25, -0.2) is 0 Å². The van der Waals surface area contributed by atoms with Gasteiger partial charge < -0.3 is 24.1 Å². The standard InChI is InChI=1S/C22H34O6/c1-9-15(25-8)17(23)16-14-11-19(4,5)22(14,27-18(16)24)21(10-13(2)3)12-26-20(6,7)28-21/h9,14-17,23H,1-2,10-12H2,3-8H3/t14-,15-,16+,17+,21?,22+/m0/s1. The summed E-state index contributed by atoms with van der Waals surface area (Å²) in [5.41, 5.74) is -1.17. The molecule has 3 fully saturated rings. The van der Waals surface area contributed by atoms with E-state index in [0.717, 1.165) is 12.0 Å². The van der Waals surface area contributed by atoms with Gasteiger partial charge in [0.2, 0.25) is 0 Å². The van der Waals surface area contributed by atoms with Gasteiger partial charge in [0.05, 0.1) is 18.6 Å². The van der Waals surface area contributed by atoms with E-state index in [4.69, 9.17) is 18.9 Å². The first-order chi connectivity index (χ1) is 12.9. The van der Waals surface area contributed by atoms with Gasteiger partial charge in [-0.15, -0.1) is 13.2 Å². The highest BCUT2D eigenvalue weighted by molar-refractivity contribution is 5.78. The number of aliphatic hydroxyl groups excluding tert-OH is 1. The van der Waals surface area contributed by atoms with Crippen molar-refractivity contribution >= 4 is 5.97 Å². The summed E-state index contributed by atoms with van der Waals surface area (Å²) in [5.74, 6) is -2.12. The largest absolute Gasteiger partial charge is 0.455 e. The second-order valence-corrected chi connectivity index (χ2v) is 9.72. The lowest BCUT2D eigenvalue weighted by Crippen LogP contribution is -2.74. The zero-order chi connectivity index (χ0) is 21.1. The first kappa shape index (κ1) is 21.5. The van der Waals surface area contributed by atoms with E-state index in [2.05, 4.69) is 27.0 Å². The number of fused-ring (bicyclic) bond motifs is 1. The normalized spacial score (nSPS) is 40.2. The van der Waals surface area contributed by atoms with Crippen molar-refractivity contribution in [2.24, 2.45) is 17.3 Å². The molecule has 0 bridgehead atoms. The molecule has 0 radical (unpaired) electrons. The smallest absolute Gasteiger partial charge is 0.312 e. The molecule has 6 atom stereocenters. The Labute approximate surface area is 167 Å². The van der Waals surface area contributed by atoms with E-state index in [1.54, 1.807) is 0 Å². The SMILES string of the molecule is C=C[C@H](OC)[C@@H](O)[C@@H]1C(=O)O[C@]2(C3(CC(=C)C)COC(C)(C)O3)[C@H]1CC2(C)C. The van der Waals surface area contributed by atoms with Crippen LogP contribution in [-0.2, 0) is 23.7 Å². The summed E-state index contributed by atoms with van der Waals surface area (Å²) >= 11 is 0. The van der Waals surface area contributed by atoms with Gasteiger partial charge in [-0.3, -0.25) is 4.79 Å². The molecule has 0 aromatic carbocycles. The first-order valence-electron chi connectivity index (χ1n) is 9.91. The lowest BCUT2D eigenvalue weighted by molar-refractivity contribution is -0.297. The molecule has 2 heterocycles. The maximum atomic E-state index is 13.1. The molecule has 2 aliphatic heterocycles. The fourth-order valence-corrected chi connectivity index (χ4v) is 5.91. The summed E-state index contributed by atoms with van der Waals surface area (Å²) in [5, 5.41) is 10.9. The topological polar surface area (TPSA) is 74.2 Å². The Hall–Kier alpha value is -1.21. The van der Waals surface area contributed by atoms with Gasteiger partial charge in [0.15, 0.2) is 11.4 Å². The number of carbonyl (C=O) groups excluding carboxylic acids is 1. The third-order valence-corrected chi connectivity index (χ3v) is 6.79. The van der Waals surface area contributed by atoms with Crippen molar-refractivity contribution in [1.29, 1.82) is 0 Å². The highest BCUT2D eigenvalue weighted by atomic mass is 16.8. The molecule has 0 amide bonds. The second-order valence-electron chi connectivity index (χ2n) is 9.72. The quantitative estimate of drug-likeness (QED) is 0.529. The minimum Gasteiger partial charge on any atom is -0.455 e. The zero-order valence-corrected chi connectivity index (χ0v) is 17.9. The maximum Gasteiger partial charge on any atom is 0.312 e. The Morgan fingerprint density at radius 2 is 2.04 bits per heavy atom. The third kappa shape index (κ3) is 2.80. The van der Waals surface area contributed by atoms with Crippen LogP contribution in [0.2, 0.25) is 0 Å². The fraction of sp³-hybridized carbons (Fsp3) is 0.773. The van der Waals surface area contributed by atoms with Crippen LogP contribution in [0.25, 0.3) is 0 Å². The number of rotatable bonds is 7. The Bertz CT molecular complexity index is 683. The lowest BCUT2D eigenvalue weighted by atomic mass is 9.44. The molecule has 1 N–H and O–H groups in total. The summed E-state index contributed by atoms with van der Waals surface area (Å²) in [7, 11) is 1.49. The molecule has 28 heavy (non-hydrogen) atoms. The van der Waals surface area contributed by atoms with Gasteiger partial charge in [0, 0.05) is 24.9 Å². The molecule has 158 valence electrons. The molecule has 1 aliphatic carbocycles. The molecule has 0 aromatic heterocycles. The minimum atomic E-state index is -1.03. The van der Waals surface area contributed by atoms with Gasteiger partial charge in [-0.05, 0) is 27.2 Å². The number of ether oxygens (including phenoxy) is 4. The van der Waals surface area contributed by atoms with Crippen LogP contribution in [0.4, 0.5) is 0 Å². The third-order valence-electron chi connectivity index (χ3n) is 6.79. The van der Waals surface area contributed by atoms with Crippen LogP contribution >= 0.6 is 0 Å². The number of carbonyl (C=O) groups is 1. The van der Waals surface area contributed by atoms with Crippen molar-refractivity contribution in [3.63, 3.8) is 0 Å². The number of hydrogen-bond donors (Lipinski definition) is 1. The highest BCUT2D eigenvalue weighted by Gasteiger charge is 2.81. The van der Waals surface area contributed by atoms with Crippen molar-refractivity contribution in [2.45, 2.75) is 76.7 Å². The van der Waals surface area contributed by atoms with Gasteiger partial charge in [-0.2, -0.15) is 0 Å². The first-order valence-corrected chi connectivity index (χ1v) is 9.91. The fourth-order valence-electron chi connectivity index (χ4n) is 5.91. The Balaban J connectivity index is 2.07. The van der Waals surface area contributed by atoms with E-state index in [-0.39, 0.29) is 11.3 Å². The van der Waals surface area contributed by atoms with E-state index < -0.39 is 41.1 Å². The summed E-state index contributed by atoms with van der Waals surface area (Å²) < 4.78 is 24.0. The number of esters is 1. The number of aliphatic hydroxyl groups is 1. The molecule has 1 unspecified atom stereocenters. The molecular weight excluding hydrogens is 360 g/mol. The molecule has 3 rings (SSSR count). The van der Waals surface area contributed by atoms with Crippen molar-refractivity contribution in [3.8, 4) is 0 Å². The van der Waals surface area contributed by atoms with Crippen molar-refractivity contribution in [3.05, 3.63) is 24.8 Å². The van der Waals surface area contributed by atoms with E-state index in [1.165, 1.54) is 13.2 Å². The number of methoxy groups -OCH3 is 1. The van der Waals surface area contributed by atoms with E-state index in [0.29, 0.717) is 13.0 Å². The summed E-state index contributed by atoms with van der Waals surface area (Å²) in [6, 6.07) is 0. The van der Waals surface area contributed by atoms with Crippen LogP contribution in [0.1, 0.15) is 47.5 Å². The predicted octanol–water partition coefficient (Wildman–Crippen LogP) is 2.99. The van der Waals surface area contributed by atoms with E-state index >= 15 is 0 Å². The van der Waals surface area contributed by atoms with E-state index in [1.807, 2.05) is 20.8 Å². The molecule has 6 heteroatoms. The lowest BCUT2D eigenvalue weighted by Gasteiger charge is -2.64. The molecule has 2 saturated heterocycles. The molecular formula is C22H34O6. The summed E-state index contributed by atoms with van der Waals surface area (Å²) in [6.07, 6.45) is 1.09. The summed E-state index contributed by atoms with van der Waals surface area (Å²) in [6.45, 7) is 17.9. The summed E-state index contributed by atoms with van der Waals surface area (Å²) in [4.78, 5) is 13.1. The highest BCUT2D eigenvalue weighted by Crippen LogP contribution is 2.70. The van der Waals surface area contributed by atoms with Crippen molar-refractivity contribution in [2.75, 3.05) is 13.7 Å². The van der Waals surface area contributed by atoms with Crippen LogP contribution < -0.4 is 0 Å². The minimum absolute atomic E-state index is 0.209.